The van der Waals surface area contributed by atoms with Crippen molar-refractivity contribution < 1.29 is 13.2 Å². The molecule has 190 valence electrons. The van der Waals surface area contributed by atoms with Crippen molar-refractivity contribution in [2.24, 2.45) is 15.7 Å². The van der Waals surface area contributed by atoms with Gasteiger partial charge in [-0.2, -0.15) is 13.2 Å². The van der Waals surface area contributed by atoms with Gasteiger partial charge in [-0.25, -0.2) is 4.98 Å². The predicted octanol–water partition coefficient (Wildman–Crippen LogP) is 7.75. The number of nitrogens with one attached hydrogen (secondary N) is 1. The van der Waals surface area contributed by atoms with E-state index in [0.717, 1.165) is 55.3 Å². The SMILES string of the molecule is C=C/C(=C\C=C(C)C)C(F)(F)F.CC.CCC=N/C=C1\CN=C(c2sc(NCCN)nc2Br)S1. The number of alkyl halides is 3. The molecule has 0 unspecified atom stereocenters. The highest BCUT2D eigenvalue weighted by atomic mass is 79.9. The Morgan fingerprint density at radius 3 is 2.50 bits per heavy atom. The number of thioether (sulfide) groups is 1. The van der Waals surface area contributed by atoms with Gasteiger partial charge in [0.05, 0.1) is 17.0 Å². The van der Waals surface area contributed by atoms with Crippen LogP contribution in [0.2, 0.25) is 0 Å². The summed E-state index contributed by atoms with van der Waals surface area (Å²) in [5.74, 6) is 0. The Labute approximate surface area is 217 Å². The summed E-state index contributed by atoms with van der Waals surface area (Å²) in [7, 11) is 0. The fourth-order valence-electron chi connectivity index (χ4n) is 1.99. The second-order valence-electron chi connectivity index (χ2n) is 6.48. The Kier molecular flexibility index (Phi) is 16.8. The molecule has 0 radical (unpaired) electrons. The number of aliphatic imine (C=N–C) groups is 2. The number of hydrogen-bond donors (Lipinski definition) is 2. The molecule has 3 N–H and O–H groups in total. The first kappa shape index (κ1) is 32.3. The van der Waals surface area contributed by atoms with Gasteiger partial charge in [-0.1, -0.05) is 74.2 Å². The molecule has 1 aromatic heterocycles. The highest BCUT2D eigenvalue weighted by molar-refractivity contribution is 9.10. The largest absolute Gasteiger partial charge is 0.416 e. The van der Waals surface area contributed by atoms with Crippen LogP contribution in [0.15, 0.2) is 61.6 Å². The van der Waals surface area contributed by atoms with Crippen molar-refractivity contribution in [1.82, 2.24) is 4.98 Å². The van der Waals surface area contributed by atoms with Gasteiger partial charge in [0.15, 0.2) is 5.13 Å². The van der Waals surface area contributed by atoms with Crippen molar-refractivity contribution in [2.75, 3.05) is 25.0 Å². The maximum Gasteiger partial charge on any atom is 0.416 e. The highest BCUT2D eigenvalue weighted by Crippen LogP contribution is 2.36. The number of thiazole rings is 1. The molecule has 1 aliphatic heterocycles. The molecule has 0 aromatic carbocycles. The van der Waals surface area contributed by atoms with Crippen LogP contribution in [0.1, 0.15) is 45.9 Å². The van der Waals surface area contributed by atoms with Gasteiger partial charge in [0, 0.05) is 30.4 Å². The fraction of sp³-hybridized carbons (Fsp3) is 0.435. The average molecular weight is 581 g/mol. The summed E-state index contributed by atoms with van der Waals surface area (Å²) < 4.78 is 36.8. The van der Waals surface area contributed by atoms with Gasteiger partial charge in [0.2, 0.25) is 0 Å². The number of nitrogens with zero attached hydrogens (tertiary/aromatic N) is 3. The Balaban J connectivity index is 0.000000670. The minimum Gasteiger partial charge on any atom is -0.360 e. The van der Waals surface area contributed by atoms with Crippen molar-refractivity contribution in [1.29, 1.82) is 0 Å². The van der Waals surface area contributed by atoms with E-state index in [0.29, 0.717) is 13.1 Å². The van der Waals surface area contributed by atoms with Crippen LogP contribution in [0.5, 0.6) is 0 Å². The minimum absolute atomic E-state index is 0.588. The quantitative estimate of drug-likeness (QED) is 0.244. The van der Waals surface area contributed by atoms with Gasteiger partial charge in [-0.05, 0) is 36.2 Å². The Morgan fingerprint density at radius 2 is 1.97 bits per heavy atom. The van der Waals surface area contributed by atoms with Crippen molar-refractivity contribution in [3.8, 4) is 0 Å². The topological polar surface area (TPSA) is 75.7 Å². The van der Waals surface area contributed by atoms with Gasteiger partial charge in [0.25, 0.3) is 0 Å². The molecule has 1 aliphatic rings. The molecule has 0 saturated carbocycles. The first-order valence-corrected chi connectivity index (χ1v) is 13.1. The molecule has 0 fully saturated rings. The summed E-state index contributed by atoms with van der Waals surface area (Å²) in [6, 6.07) is 0. The summed E-state index contributed by atoms with van der Waals surface area (Å²) in [6.07, 6.45) is 3.65. The Morgan fingerprint density at radius 1 is 1.29 bits per heavy atom. The normalized spacial score (nSPS) is 14.7. The molecule has 5 nitrogen and oxygen atoms in total. The second-order valence-corrected chi connectivity index (χ2v) is 9.35. The molecule has 1 aromatic rings. The number of rotatable bonds is 8. The second kappa shape index (κ2) is 17.7. The predicted molar refractivity (Wildman–Crippen MR) is 148 cm³/mol. The summed E-state index contributed by atoms with van der Waals surface area (Å²) in [5, 5.41) is 5.04. The molecule has 0 aliphatic carbocycles. The van der Waals surface area contributed by atoms with Gasteiger partial charge in [-0.15, -0.1) is 0 Å². The number of halogens is 4. The van der Waals surface area contributed by atoms with Gasteiger partial charge >= 0.3 is 6.18 Å². The molecule has 0 amide bonds. The van der Waals surface area contributed by atoms with Crippen LogP contribution in [0, 0.1) is 0 Å². The molecule has 0 bridgehead atoms. The third-order valence-electron chi connectivity index (χ3n) is 3.46. The number of allylic oxidation sites excluding steroid dienone is 5. The van der Waals surface area contributed by atoms with Gasteiger partial charge in [-0.3, -0.25) is 9.98 Å². The molecule has 2 rings (SSSR count). The van der Waals surface area contributed by atoms with Crippen LogP contribution in [0.4, 0.5) is 18.3 Å². The monoisotopic (exact) mass is 579 g/mol. The van der Waals surface area contributed by atoms with Crippen LogP contribution in [0.3, 0.4) is 0 Å². The van der Waals surface area contributed by atoms with Crippen molar-refractivity contribution in [3.63, 3.8) is 0 Å². The van der Waals surface area contributed by atoms with Crippen LogP contribution >= 0.6 is 39.0 Å². The van der Waals surface area contributed by atoms with Crippen LogP contribution in [-0.2, 0) is 0 Å². The van der Waals surface area contributed by atoms with Gasteiger partial charge < -0.3 is 11.1 Å². The summed E-state index contributed by atoms with van der Waals surface area (Å²) >= 11 is 6.72. The van der Waals surface area contributed by atoms with E-state index in [1.165, 1.54) is 6.08 Å². The maximum absolute atomic E-state index is 12.0. The lowest BCUT2D eigenvalue weighted by atomic mass is 10.2. The molecule has 0 saturated heterocycles. The van der Waals surface area contributed by atoms with Gasteiger partial charge in [0.1, 0.15) is 9.65 Å². The van der Waals surface area contributed by atoms with E-state index in [1.807, 2.05) is 26.3 Å². The fourth-order valence-corrected chi connectivity index (χ4v) is 4.69. The summed E-state index contributed by atoms with van der Waals surface area (Å²) in [5.41, 5.74) is 5.57. The minimum atomic E-state index is -4.30. The number of anilines is 1. The van der Waals surface area contributed by atoms with E-state index in [4.69, 9.17) is 5.73 Å². The number of nitrogens with two attached hydrogens (primary N) is 1. The van der Waals surface area contributed by atoms with E-state index in [2.05, 4.69) is 49.7 Å². The molecule has 0 spiro atoms. The van der Waals surface area contributed by atoms with Crippen molar-refractivity contribution in [2.45, 2.75) is 47.2 Å². The smallest absolute Gasteiger partial charge is 0.360 e. The Bertz CT molecular complexity index is 912. The van der Waals surface area contributed by atoms with Crippen LogP contribution in [-0.4, -0.2) is 42.1 Å². The van der Waals surface area contributed by atoms with E-state index >= 15 is 0 Å². The molecule has 0 atom stereocenters. The van der Waals surface area contributed by atoms with Crippen LogP contribution < -0.4 is 11.1 Å². The first-order chi connectivity index (χ1) is 16.1. The van der Waals surface area contributed by atoms with E-state index < -0.39 is 11.7 Å². The zero-order valence-electron chi connectivity index (χ0n) is 20.2. The summed E-state index contributed by atoms with van der Waals surface area (Å²) in [4.78, 5) is 15.4. The van der Waals surface area contributed by atoms with E-state index in [9.17, 15) is 13.2 Å². The third-order valence-corrected chi connectivity index (χ3v) is 6.47. The van der Waals surface area contributed by atoms with Crippen molar-refractivity contribution >= 4 is 55.4 Å². The molecular formula is C23H33BrF3N5S2. The van der Waals surface area contributed by atoms with E-state index in [-0.39, 0.29) is 0 Å². The summed E-state index contributed by atoms with van der Waals surface area (Å²) in [6.45, 7) is 14.6. The lowest BCUT2D eigenvalue weighted by molar-refractivity contribution is -0.0881. The third kappa shape index (κ3) is 12.7. The zero-order chi connectivity index (χ0) is 26.1. The molecule has 34 heavy (non-hydrogen) atoms. The standard InChI is InChI=1S/C12H16BrN5S2.C9H11F3.C2H6/c1-2-4-15-6-8-7-17-11(19-8)9-10(13)18-12(20-9)16-5-3-14;1-4-8(9(10,11)12)6-5-7(2)3;1-2/h4,6H,2-3,5,7,14H2,1H3,(H,16,18);4-6H,1H2,2-3H3;1-2H3/b8-6+,15-4?;8-6+;. The molecule has 11 heteroatoms. The maximum atomic E-state index is 12.0. The van der Waals surface area contributed by atoms with E-state index in [1.54, 1.807) is 36.9 Å². The van der Waals surface area contributed by atoms with Crippen LogP contribution in [0.25, 0.3) is 0 Å². The number of hydrogen-bond acceptors (Lipinski definition) is 7. The molecule has 2 heterocycles. The lowest BCUT2D eigenvalue weighted by Crippen LogP contribution is -2.12. The molecular weight excluding hydrogens is 547 g/mol. The lowest BCUT2D eigenvalue weighted by Gasteiger charge is -2.05. The van der Waals surface area contributed by atoms with Crippen molar-refractivity contribution in [3.05, 3.63) is 56.5 Å². The average Bonchev–Trinajstić information content (AvgIpc) is 3.40. The Hall–Kier alpha value is -1.69. The zero-order valence-corrected chi connectivity index (χ0v) is 23.4. The first-order valence-electron chi connectivity index (χ1n) is 10.7. The highest BCUT2D eigenvalue weighted by Gasteiger charge is 2.30. The number of aromatic nitrogens is 1.